The lowest BCUT2D eigenvalue weighted by Gasteiger charge is -2.39. The van der Waals surface area contributed by atoms with Gasteiger partial charge in [-0.1, -0.05) is 44.2 Å². The number of carbonyl (C=O) groups excluding carboxylic acids is 1. The minimum absolute atomic E-state index is 0.323. The second kappa shape index (κ2) is 8.81. The molecule has 0 saturated carbocycles. The van der Waals surface area contributed by atoms with E-state index >= 15 is 0 Å². The van der Waals surface area contributed by atoms with Gasteiger partial charge in [0.05, 0.1) is 0 Å². The van der Waals surface area contributed by atoms with Crippen molar-refractivity contribution in [2.75, 3.05) is 32.7 Å². The Morgan fingerprint density at radius 2 is 1.76 bits per heavy atom. The van der Waals surface area contributed by atoms with Crippen molar-refractivity contribution >= 4 is 5.91 Å². The average molecular weight is 344 g/mol. The lowest BCUT2D eigenvalue weighted by Crippen LogP contribution is -2.48. The monoisotopic (exact) mass is 343 g/mol. The molecule has 3 rings (SSSR count). The molecule has 0 radical (unpaired) electrons. The van der Waals surface area contributed by atoms with Gasteiger partial charge in [0, 0.05) is 38.1 Å². The Hall–Kier alpha value is -1.39. The molecule has 138 valence electrons. The van der Waals surface area contributed by atoms with E-state index in [1.54, 1.807) is 0 Å². The van der Waals surface area contributed by atoms with Crippen LogP contribution in [0.5, 0.6) is 0 Å². The van der Waals surface area contributed by atoms with Gasteiger partial charge in [0.25, 0.3) is 0 Å². The van der Waals surface area contributed by atoms with Gasteiger partial charge in [0.2, 0.25) is 5.91 Å². The molecule has 0 N–H and O–H groups in total. The largest absolute Gasteiger partial charge is 0.334 e. The van der Waals surface area contributed by atoms with E-state index in [2.05, 4.69) is 52.8 Å². The number of likely N-dealkylation sites (tertiary alicyclic amines) is 1. The Labute approximate surface area is 152 Å². The van der Waals surface area contributed by atoms with E-state index in [1.807, 2.05) is 6.07 Å². The summed E-state index contributed by atoms with van der Waals surface area (Å²) in [5, 5.41) is 0. The smallest absolute Gasteiger partial charge is 0.224 e. The first kappa shape index (κ1) is 18.4. The number of rotatable bonds is 5. The van der Waals surface area contributed by atoms with Gasteiger partial charge < -0.3 is 9.80 Å². The first-order valence-electron chi connectivity index (χ1n) is 10.0. The van der Waals surface area contributed by atoms with Crippen LogP contribution in [0.2, 0.25) is 0 Å². The van der Waals surface area contributed by atoms with Crippen LogP contribution < -0.4 is 0 Å². The summed E-state index contributed by atoms with van der Waals surface area (Å²) in [7, 11) is 0. The van der Waals surface area contributed by atoms with Gasteiger partial charge in [0.15, 0.2) is 0 Å². The molecule has 25 heavy (non-hydrogen) atoms. The quantitative estimate of drug-likeness (QED) is 0.822. The number of nitrogens with zero attached hydrogens (tertiary/aromatic N) is 3. The number of amides is 1. The Morgan fingerprint density at radius 1 is 1.04 bits per heavy atom. The first-order chi connectivity index (χ1) is 12.2. The van der Waals surface area contributed by atoms with Crippen molar-refractivity contribution in [3.8, 4) is 0 Å². The van der Waals surface area contributed by atoms with Crippen LogP contribution in [0, 0.1) is 0 Å². The molecule has 4 heteroatoms. The molecule has 2 saturated heterocycles. The third-order valence-corrected chi connectivity index (χ3v) is 6.01. The zero-order chi connectivity index (χ0) is 17.6. The van der Waals surface area contributed by atoms with Crippen molar-refractivity contribution in [3.05, 3.63) is 35.9 Å². The standard InChI is InChI=1S/C21H33N3O/c1-3-19-17-23(20-10-13-22(4-2)14-11-20)15-12-21(25)24(19)16-18-8-6-5-7-9-18/h5-9,19-20H,3-4,10-17H2,1-2H3/t19-/m0/s1. The van der Waals surface area contributed by atoms with Gasteiger partial charge in [0.1, 0.15) is 0 Å². The maximum atomic E-state index is 12.8. The minimum Gasteiger partial charge on any atom is -0.334 e. The lowest BCUT2D eigenvalue weighted by atomic mass is 10.0. The molecule has 2 aliphatic heterocycles. The van der Waals surface area contributed by atoms with Crippen molar-refractivity contribution in [2.24, 2.45) is 0 Å². The second-order valence-electron chi connectivity index (χ2n) is 7.48. The van der Waals surface area contributed by atoms with Crippen molar-refractivity contribution < 1.29 is 4.79 Å². The summed E-state index contributed by atoms with van der Waals surface area (Å²) in [6.07, 6.45) is 4.19. The predicted molar refractivity (Wildman–Crippen MR) is 102 cm³/mol. The first-order valence-corrected chi connectivity index (χ1v) is 10.0. The van der Waals surface area contributed by atoms with Crippen molar-refractivity contribution in [1.29, 1.82) is 0 Å². The van der Waals surface area contributed by atoms with E-state index in [4.69, 9.17) is 0 Å². The number of benzene rings is 1. The van der Waals surface area contributed by atoms with Crippen LogP contribution in [0.3, 0.4) is 0 Å². The fraction of sp³-hybridized carbons (Fsp3) is 0.667. The number of carbonyl (C=O) groups is 1. The average Bonchev–Trinajstić information content (AvgIpc) is 2.82. The van der Waals surface area contributed by atoms with Crippen molar-refractivity contribution in [2.45, 2.75) is 58.2 Å². The second-order valence-corrected chi connectivity index (χ2v) is 7.48. The third-order valence-electron chi connectivity index (χ3n) is 6.01. The Balaban J connectivity index is 1.66. The number of piperidine rings is 1. The van der Waals surface area contributed by atoms with Gasteiger partial charge in [-0.25, -0.2) is 0 Å². The normalized spacial score (nSPS) is 24.5. The topological polar surface area (TPSA) is 26.8 Å². The summed E-state index contributed by atoms with van der Waals surface area (Å²) >= 11 is 0. The highest BCUT2D eigenvalue weighted by molar-refractivity contribution is 5.77. The number of hydrogen-bond acceptors (Lipinski definition) is 3. The van der Waals surface area contributed by atoms with E-state index in [-0.39, 0.29) is 0 Å². The highest BCUT2D eigenvalue weighted by Gasteiger charge is 2.32. The van der Waals surface area contributed by atoms with Gasteiger partial charge in [-0.2, -0.15) is 0 Å². The molecular formula is C21H33N3O. The molecule has 2 fully saturated rings. The van der Waals surface area contributed by atoms with Crippen LogP contribution in [-0.4, -0.2) is 65.4 Å². The Morgan fingerprint density at radius 3 is 2.40 bits per heavy atom. The van der Waals surface area contributed by atoms with E-state index in [0.29, 0.717) is 24.4 Å². The Kier molecular flexibility index (Phi) is 6.49. The summed E-state index contributed by atoms with van der Waals surface area (Å²) in [5.74, 6) is 0.323. The molecule has 0 bridgehead atoms. The molecule has 0 unspecified atom stereocenters. The van der Waals surface area contributed by atoms with Crippen molar-refractivity contribution in [1.82, 2.24) is 14.7 Å². The summed E-state index contributed by atoms with van der Waals surface area (Å²) in [5.41, 5.74) is 1.24. The molecule has 1 aromatic rings. The SMILES string of the molecule is CC[C@H]1CN(C2CCN(CC)CC2)CCC(=O)N1Cc1ccccc1. The zero-order valence-electron chi connectivity index (χ0n) is 15.9. The summed E-state index contributed by atoms with van der Waals surface area (Å²) in [4.78, 5) is 20.1. The molecule has 0 aliphatic carbocycles. The lowest BCUT2D eigenvalue weighted by molar-refractivity contribution is -0.133. The van der Waals surface area contributed by atoms with Gasteiger partial charge in [-0.3, -0.25) is 9.69 Å². The summed E-state index contributed by atoms with van der Waals surface area (Å²) in [6, 6.07) is 11.4. The Bertz CT molecular complexity index is 539. The predicted octanol–water partition coefficient (Wildman–Crippen LogP) is 2.98. The maximum absolute atomic E-state index is 12.8. The number of hydrogen-bond donors (Lipinski definition) is 0. The third kappa shape index (κ3) is 4.62. The van der Waals surface area contributed by atoms with Gasteiger partial charge in [-0.15, -0.1) is 0 Å². The fourth-order valence-electron chi connectivity index (χ4n) is 4.33. The molecular weight excluding hydrogens is 310 g/mol. The molecule has 1 atom stereocenters. The van der Waals surface area contributed by atoms with E-state index < -0.39 is 0 Å². The van der Waals surface area contributed by atoms with E-state index in [1.165, 1.54) is 31.5 Å². The van der Waals surface area contributed by atoms with Crippen LogP contribution >= 0.6 is 0 Å². The fourth-order valence-corrected chi connectivity index (χ4v) is 4.33. The molecule has 2 heterocycles. The zero-order valence-corrected chi connectivity index (χ0v) is 15.9. The molecule has 0 aromatic heterocycles. The van der Waals surface area contributed by atoms with Crippen LogP contribution in [0.1, 0.15) is 45.1 Å². The van der Waals surface area contributed by atoms with Gasteiger partial charge in [-0.05, 0) is 44.5 Å². The molecule has 1 amide bonds. The van der Waals surface area contributed by atoms with Crippen LogP contribution in [0.15, 0.2) is 30.3 Å². The molecule has 4 nitrogen and oxygen atoms in total. The summed E-state index contributed by atoms with van der Waals surface area (Å²) < 4.78 is 0. The maximum Gasteiger partial charge on any atom is 0.224 e. The molecule has 0 spiro atoms. The highest BCUT2D eigenvalue weighted by Crippen LogP contribution is 2.23. The highest BCUT2D eigenvalue weighted by atomic mass is 16.2. The van der Waals surface area contributed by atoms with Crippen LogP contribution in [0.4, 0.5) is 0 Å². The minimum atomic E-state index is 0.323. The van der Waals surface area contributed by atoms with Gasteiger partial charge >= 0.3 is 0 Å². The van der Waals surface area contributed by atoms with E-state index in [9.17, 15) is 4.79 Å². The van der Waals surface area contributed by atoms with Crippen LogP contribution in [0.25, 0.3) is 0 Å². The molecule has 2 aliphatic rings. The van der Waals surface area contributed by atoms with Crippen LogP contribution in [-0.2, 0) is 11.3 Å². The van der Waals surface area contributed by atoms with E-state index in [0.717, 1.165) is 32.6 Å². The van der Waals surface area contributed by atoms with Crippen molar-refractivity contribution in [3.63, 3.8) is 0 Å². The molecule has 1 aromatic carbocycles. The summed E-state index contributed by atoms with van der Waals surface area (Å²) in [6.45, 7) is 10.8.